The minimum absolute atomic E-state index is 0.437. The van der Waals surface area contributed by atoms with Crippen LogP contribution in [0.5, 0.6) is 0 Å². The fourth-order valence-electron chi connectivity index (χ4n) is 2.22. The molecule has 0 aromatic carbocycles. The Morgan fingerprint density at radius 2 is 2.22 bits per heavy atom. The minimum atomic E-state index is 0.437. The van der Waals surface area contributed by atoms with Gasteiger partial charge >= 0.3 is 0 Å². The van der Waals surface area contributed by atoms with Gasteiger partial charge in [-0.15, -0.1) is 0 Å². The average molecular weight is 270 g/mol. The summed E-state index contributed by atoms with van der Waals surface area (Å²) < 4.78 is 5.58. The molecule has 1 aromatic heterocycles. The zero-order valence-corrected chi connectivity index (χ0v) is 11.3. The van der Waals surface area contributed by atoms with Gasteiger partial charge in [-0.25, -0.2) is 4.98 Å². The van der Waals surface area contributed by atoms with E-state index in [1.54, 1.807) is 12.4 Å². The second-order valence-electron chi connectivity index (χ2n) is 4.64. The number of hydrogen-bond acceptors (Lipinski definition) is 4. The van der Waals surface area contributed by atoms with Crippen molar-refractivity contribution in [1.82, 2.24) is 15.3 Å². The van der Waals surface area contributed by atoms with Crippen LogP contribution in [0.3, 0.4) is 0 Å². The number of nitrogens with one attached hydrogen (secondary N) is 1. The maximum atomic E-state index is 5.90. The van der Waals surface area contributed by atoms with Crippen LogP contribution in [0, 0.1) is 0 Å². The summed E-state index contributed by atoms with van der Waals surface area (Å²) in [5.74, 6) is 0. The van der Waals surface area contributed by atoms with Gasteiger partial charge in [-0.05, 0) is 32.2 Å². The predicted octanol–water partition coefficient (Wildman–Crippen LogP) is 2.57. The number of halogens is 1. The zero-order valence-electron chi connectivity index (χ0n) is 10.6. The first-order valence-corrected chi connectivity index (χ1v) is 7.00. The summed E-state index contributed by atoms with van der Waals surface area (Å²) in [4.78, 5) is 8.10. The maximum Gasteiger partial charge on any atom is 0.152 e. The molecule has 2 heterocycles. The molecule has 0 saturated carbocycles. The Bertz CT molecular complexity index is 356. The molecule has 0 amide bonds. The van der Waals surface area contributed by atoms with Crippen LogP contribution in [0.25, 0.3) is 0 Å². The number of piperidine rings is 1. The normalized spacial score (nSPS) is 19.9. The summed E-state index contributed by atoms with van der Waals surface area (Å²) in [5.41, 5.74) is 0.718. The van der Waals surface area contributed by atoms with E-state index < -0.39 is 0 Å². The van der Waals surface area contributed by atoms with Crippen LogP contribution in [0.4, 0.5) is 0 Å². The standard InChI is InChI=1S/C13H20ClN3O/c14-13-12(16-7-8-17-13)10-18-9-3-5-11-4-1-2-6-15-11/h7-8,11,15H,1-6,9-10H2. The molecule has 1 N–H and O–H groups in total. The number of ether oxygens (including phenoxy) is 1. The van der Waals surface area contributed by atoms with E-state index in [-0.39, 0.29) is 0 Å². The third-order valence-corrected chi connectivity index (χ3v) is 3.53. The van der Waals surface area contributed by atoms with E-state index in [0.717, 1.165) is 18.7 Å². The van der Waals surface area contributed by atoms with Crippen molar-refractivity contribution in [3.63, 3.8) is 0 Å². The molecule has 1 saturated heterocycles. The molecule has 100 valence electrons. The van der Waals surface area contributed by atoms with Crippen molar-refractivity contribution in [1.29, 1.82) is 0 Å². The molecule has 1 aliphatic heterocycles. The van der Waals surface area contributed by atoms with Crippen molar-refractivity contribution < 1.29 is 4.74 Å². The van der Waals surface area contributed by atoms with Crippen LogP contribution in [-0.2, 0) is 11.3 Å². The molecule has 0 spiro atoms. The van der Waals surface area contributed by atoms with Gasteiger partial charge < -0.3 is 10.1 Å². The highest BCUT2D eigenvalue weighted by atomic mass is 35.5. The largest absolute Gasteiger partial charge is 0.375 e. The Balaban J connectivity index is 1.57. The van der Waals surface area contributed by atoms with Crippen molar-refractivity contribution in [2.45, 2.75) is 44.8 Å². The van der Waals surface area contributed by atoms with Gasteiger partial charge in [0.05, 0.1) is 6.61 Å². The van der Waals surface area contributed by atoms with Crippen LogP contribution in [0.2, 0.25) is 5.15 Å². The summed E-state index contributed by atoms with van der Waals surface area (Å²) in [7, 11) is 0. The van der Waals surface area contributed by atoms with Crippen molar-refractivity contribution in [2.75, 3.05) is 13.2 Å². The SMILES string of the molecule is Clc1nccnc1COCCCC1CCCCN1. The van der Waals surface area contributed by atoms with Gasteiger partial charge in [-0.3, -0.25) is 4.98 Å². The summed E-state index contributed by atoms with van der Waals surface area (Å²) >= 11 is 5.90. The average Bonchev–Trinajstić information content (AvgIpc) is 2.42. The van der Waals surface area contributed by atoms with Gasteiger partial charge in [-0.1, -0.05) is 18.0 Å². The van der Waals surface area contributed by atoms with Crippen LogP contribution in [0.15, 0.2) is 12.4 Å². The van der Waals surface area contributed by atoms with Crippen LogP contribution in [-0.4, -0.2) is 29.2 Å². The number of nitrogens with zero attached hydrogens (tertiary/aromatic N) is 2. The quantitative estimate of drug-likeness (QED) is 0.807. The Kier molecular flexibility index (Phi) is 5.84. The first kappa shape index (κ1) is 13.7. The molecule has 4 nitrogen and oxygen atoms in total. The van der Waals surface area contributed by atoms with Crippen LogP contribution in [0.1, 0.15) is 37.8 Å². The lowest BCUT2D eigenvalue weighted by atomic mass is 10.0. The van der Waals surface area contributed by atoms with E-state index in [9.17, 15) is 0 Å². The highest BCUT2D eigenvalue weighted by Gasteiger charge is 2.11. The summed E-state index contributed by atoms with van der Waals surface area (Å²) in [5, 5.41) is 3.97. The Hall–Kier alpha value is -0.710. The van der Waals surface area contributed by atoms with Crippen molar-refractivity contribution in [2.24, 2.45) is 0 Å². The molecule has 2 rings (SSSR count). The van der Waals surface area contributed by atoms with Crippen molar-refractivity contribution in [3.05, 3.63) is 23.2 Å². The smallest absolute Gasteiger partial charge is 0.152 e. The molecule has 1 atom stereocenters. The van der Waals surface area contributed by atoms with Gasteiger partial charge in [0.25, 0.3) is 0 Å². The molecule has 1 aromatic rings. The van der Waals surface area contributed by atoms with E-state index in [1.165, 1.54) is 32.2 Å². The monoisotopic (exact) mass is 269 g/mol. The van der Waals surface area contributed by atoms with E-state index in [1.807, 2.05) is 0 Å². The molecular weight excluding hydrogens is 250 g/mol. The highest BCUT2D eigenvalue weighted by molar-refractivity contribution is 6.29. The first-order chi connectivity index (χ1) is 8.86. The topological polar surface area (TPSA) is 47.0 Å². The lowest BCUT2D eigenvalue weighted by Gasteiger charge is -2.23. The third kappa shape index (κ3) is 4.52. The predicted molar refractivity (Wildman–Crippen MR) is 71.6 cm³/mol. The lowest BCUT2D eigenvalue weighted by molar-refractivity contribution is 0.111. The van der Waals surface area contributed by atoms with Gasteiger partial charge in [0.1, 0.15) is 5.69 Å². The molecule has 5 heteroatoms. The second kappa shape index (κ2) is 7.67. The summed E-state index contributed by atoms with van der Waals surface area (Å²) in [6.45, 7) is 2.37. The van der Waals surface area contributed by atoms with E-state index in [0.29, 0.717) is 17.8 Å². The Morgan fingerprint density at radius 3 is 3.00 bits per heavy atom. The minimum Gasteiger partial charge on any atom is -0.375 e. The van der Waals surface area contributed by atoms with E-state index in [2.05, 4.69) is 15.3 Å². The number of aromatic nitrogens is 2. The first-order valence-electron chi connectivity index (χ1n) is 6.63. The molecule has 1 fully saturated rings. The summed E-state index contributed by atoms with van der Waals surface area (Å²) in [6, 6.07) is 0.683. The molecular formula is C13H20ClN3O. The lowest BCUT2D eigenvalue weighted by Crippen LogP contribution is -2.33. The van der Waals surface area contributed by atoms with Crippen molar-refractivity contribution >= 4 is 11.6 Å². The fraction of sp³-hybridized carbons (Fsp3) is 0.692. The van der Waals surface area contributed by atoms with Gasteiger partial charge in [-0.2, -0.15) is 0 Å². The molecule has 0 bridgehead atoms. The molecule has 1 unspecified atom stereocenters. The van der Waals surface area contributed by atoms with Crippen LogP contribution >= 0.6 is 11.6 Å². The van der Waals surface area contributed by atoms with Gasteiger partial charge in [0.15, 0.2) is 5.15 Å². The Labute approximate surface area is 113 Å². The molecule has 0 aliphatic carbocycles. The zero-order chi connectivity index (χ0) is 12.6. The van der Waals surface area contributed by atoms with Crippen LogP contribution < -0.4 is 5.32 Å². The Morgan fingerprint density at radius 1 is 1.33 bits per heavy atom. The summed E-state index contributed by atoms with van der Waals surface area (Å²) in [6.07, 6.45) is 9.46. The molecule has 0 radical (unpaired) electrons. The van der Waals surface area contributed by atoms with Crippen molar-refractivity contribution in [3.8, 4) is 0 Å². The van der Waals surface area contributed by atoms with Gasteiger partial charge in [0.2, 0.25) is 0 Å². The number of hydrogen-bond donors (Lipinski definition) is 1. The molecule has 18 heavy (non-hydrogen) atoms. The molecule has 1 aliphatic rings. The highest BCUT2D eigenvalue weighted by Crippen LogP contribution is 2.13. The number of rotatable bonds is 6. The van der Waals surface area contributed by atoms with E-state index >= 15 is 0 Å². The maximum absolute atomic E-state index is 5.90. The van der Waals surface area contributed by atoms with Gasteiger partial charge in [0, 0.05) is 25.0 Å². The second-order valence-corrected chi connectivity index (χ2v) is 4.99. The fourth-order valence-corrected chi connectivity index (χ4v) is 2.38. The van der Waals surface area contributed by atoms with E-state index in [4.69, 9.17) is 16.3 Å². The third-order valence-electron chi connectivity index (χ3n) is 3.22.